The third kappa shape index (κ3) is 5.13. The zero-order valence-corrected chi connectivity index (χ0v) is 20.6. The molecular formula is C24H33ClN4O4. The molecule has 0 saturated carbocycles. The highest BCUT2D eigenvalue weighted by Gasteiger charge is 2.42. The normalized spacial score (nSPS) is 20.2. The summed E-state index contributed by atoms with van der Waals surface area (Å²) < 4.78 is 18.8. The van der Waals surface area contributed by atoms with Crippen LogP contribution in [-0.2, 0) is 18.3 Å². The Morgan fingerprint density at radius 2 is 2.03 bits per heavy atom. The maximum Gasteiger partial charge on any atom is 0.269 e. The predicted molar refractivity (Wildman–Crippen MR) is 126 cm³/mol. The number of amides is 1. The number of piperidine rings is 1. The van der Waals surface area contributed by atoms with Gasteiger partial charge in [-0.15, -0.1) is 0 Å². The Hall–Kier alpha value is -2.29. The lowest BCUT2D eigenvalue weighted by Gasteiger charge is -2.39. The maximum absolute atomic E-state index is 12.5. The first-order chi connectivity index (χ1) is 15.8. The van der Waals surface area contributed by atoms with Crippen LogP contribution in [0.25, 0.3) is 0 Å². The number of ether oxygens (including phenoxy) is 3. The van der Waals surface area contributed by atoms with Crippen LogP contribution < -0.4 is 14.8 Å². The summed E-state index contributed by atoms with van der Waals surface area (Å²) in [6.07, 6.45) is 4.00. The number of hydrogen-bond acceptors (Lipinski definition) is 6. The molecule has 180 valence electrons. The molecule has 2 saturated heterocycles. The first-order valence-electron chi connectivity index (χ1n) is 11.4. The van der Waals surface area contributed by atoms with Crippen LogP contribution >= 0.6 is 11.6 Å². The molecule has 0 bridgehead atoms. The van der Waals surface area contributed by atoms with E-state index >= 15 is 0 Å². The van der Waals surface area contributed by atoms with E-state index in [1.54, 1.807) is 32.0 Å². The van der Waals surface area contributed by atoms with Gasteiger partial charge in [0.05, 0.1) is 36.6 Å². The molecule has 33 heavy (non-hydrogen) atoms. The minimum Gasteiger partial charge on any atom is -0.493 e. The molecule has 1 aromatic carbocycles. The van der Waals surface area contributed by atoms with Crippen molar-refractivity contribution in [1.29, 1.82) is 0 Å². The molecule has 8 nitrogen and oxygen atoms in total. The molecule has 2 aliphatic rings. The second-order valence-corrected chi connectivity index (χ2v) is 9.39. The summed E-state index contributed by atoms with van der Waals surface area (Å²) >= 11 is 6.57. The van der Waals surface area contributed by atoms with E-state index in [4.69, 9.17) is 25.8 Å². The molecule has 1 aromatic heterocycles. The Bertz CT molecular complexity index is 1000. The first kappa shape index (κ1) is 23.9. The third-order valence-corrected chi connectivity index (χ3v) is 7.20. The van der Waals surface area contributed by atoms with Crippen molar-refractivity contribution < 1.29 is 19.0 Å². The van der Waals surface area contributed by atoms with Crippen LogP contribution in [0.1, 0.15) is 47.4 Å². The van der Waals surface area contributed by atoms with Gasteiger partial charge in [0, 0.05) is 33.2 Å². The zero-order chi connectivity index (χ0) is 23.6. The smallest absolute Gasteiger partial charge is 0.269 e. The number of methoxy groups -OCH3 is 2. The summed E-state index contributed by atoms with van der Waals surface area (Å²) in [4.78, 5) is 14.9. The highest BCUT2D eigenvalue weighted by Crippen LogP contribution is 2.41. The van der Waals surface area contributed by atoms with E-state index in [1.165, 1.54) is 0 Å². The van der Waals surface area contributed by atoms with E-state index in [1.807, 2.05) is 19.1 Å². The lowest BCUT2D eigenvalue weighted by Crippen LogP contribution is -2.45. The molecule has 0 radical (unpaired) electrons. The average molecular weight is 477 g/mol. The van der Waals surface area contributed by atoms with Crippen molar-refractivity contribution in [2.75, 3.05) is 33.9 Å². The van der Waals surface area contributed by atoms with Crippen LogP contribution in [-0.4, -0.2) is 66.1 Å². The minimum absolute atomic E-state index is 0.0510. The maximum atomic E-state index is 12.5. The second-order valence-electron chi connectivity index (χ2n) is 9.02. The molecule has 2 fully saturated rings. The fourth-order valence-electron chi connectivity index (χ4n) is 4.94. The van der Waals surface area contributed by atoms with Crippen molar-refractivity contribution in [1.82, 2.24) is 20.0 Å². The van der Waals surface area contributed by atoms with Crippen LogP contribution in [0, 0.1) is 6.92 Å². The van der Waals surface area contributed by atoms with Gasteiger partial charge in [0.2, 0.25) is 0 Å². The molecule has 4 rings (SSSR count). The fraction of sp³-hybridized carbons (Fsp3) is 0.583. The van der Waals surface area contributed by atoms with Gasteiger partial charge < -0.3 is 19.5 Å². The van der Waals surface area contributed by atoms with E-state index in [-0.39, 0.29) is 17.6 Å². The molecule has 9 heteroatoms. The van der Waals surface area contributed by atoms with Gasteiger partial charge in [0.25, 0.3) is 5.91 Å². The number of likely N-dealkylation sites (tertiary alicyclic amines) is 1. The highest BCUT2D eigenvalue weighted by molar-refractivity contribution is 6.33. The minimum atomic E-state index is -0.107. The molecule has 1 amide bonds. The molecule has 1 unspecified atom stereocenters. The van der Waals surface area contributed by atoms with Crippen LogP contribution in [0.3, 0.4) is 0 Å². The van der Waals surface area contributed by atoms with E-state index in [0.717, 1.165) is 56.6 Å². The van der Waals surface area contributed by atoms with Gasteiger partial charge in [-0.2, -0.15) is 5.10 Å². The Morgan fingerprint density at radius 3 is 2.67 bits per heavy atom. The van der Waals surface area contributed by atoms with Crippen molar-refractivity contribution in [2.24, 2.45) is 7.05 Å². The molecule has 2 aliphatic heterocycles. The van der Waals surface area contributed by atoms with Gasteiger partial charge in [0.1, 0.15) is 5.69 Å². The summed E-state index contributed by atoms with van der Waals surface area (Å²) in [5.74, 6) is 1.11. The van der Waals surface area contributed by atoms with E-state index in [2.05, 4.69) is 15.3 Å². The highest BCUT2D eigenvalue weighted by atomic mass is 35.5. The number of halogens is 1. The Morgan fingerprint density at radius 1 is 1.27 bits per heavy atom. The quantitative estimate of drug-likeness (QED) is 0.660. The number of hydrogen-bond donors (Lipinski definition) is 1. The van der Waals surface area contributed by atoms with Crippen molar-refractivity contribution in [3.05, 3.63) is 40.2 Å². The number of carbonyl (C=O) groups excluding carboxylic acids is 1. The molecule has 0 aliphatic carbocycles. The van der Waals surface area contributed by atoms with Gasteiger partial charge >= 0.3 is 0 Å². The standard InChI is InChI=1S/C24H33ClN4O4/c1-16-13-19(28(2)27-16)23(30)26-14-18-7-8-24(33-18)9-11-29(12-10-24)15-17-5-6-20(31-3)22(32-4)21(17)25/h5-6,13,18H,7-12,14-15H2,1-4H3,(H,26,30). The summed E-state index contributed by atoms with van der Waals surface area (Å²) in [6, 6.07) is 5.70. The largest absolute Gasteiger partial charge is 0.493 e. The number of aromatic nitrogens is 2. The molecule has 1 spiro atoms. The Balaban J connectivity index is 1.28. The van der Waals surface area contributed by atoms with Crippen molar-refractivity contribution in [2.45, 2.75) is 50.9 Å². The van der Waals surface area contributed by atoms with Gasteiger partial charge in [-0.25, -0.2) is 0 Å². The van der Waals surface area contributed by atoms with E-state index in [9.17, 15) is 4.79 Å². The molecule has 1 atom stereocenters. The second kappa shape index (κ2) is 9.91. The lowest BCUT2D eigenvalue weighted by molar-refractivity contribution is -0.0764. The first-order valence-corrected chi connectivity index (χ1v) is 11.8. The molecule has 2 aromatic rings. The lowest BCUT2D eigenvalue weighted by atomic mass is 9.88. The van der Waals surface area contributed by atoms with Gasteiger partial charge in [0.15, 0.2) is 11.5 Å². The fourth-order valence-corrected chi connectivity index (χ4v) is 5.23. The number of aryl methyl sites for hydroxylation is 2. The van der Waals surface area contributed by atoms with Crippen molar-refractivity contribution in [3.8, 4) is 11.5 Å². The van der Waals surface area contributed by atoms with E-state index in [0.29, 0.717) is 28.8 Å². The summed E-state index contributed by atoms with van der Waals surface area (Å²) in [5.41, 5.74) is 2.35. The molecule has 1 N–H and O–H groups in total. The summed E-state index contributed by atoms with van der Waals surface area (Å²) in [6.45, 7) is 5.05. The average Bonchev–Trinajstić information content (AvgIpc) is 3.37. The third-order valence-electron chi connectivity index (χ3n) is 6.79. The Labute approximate surface area is 200 Å². The number of benzene rings is 1. The predicted octanol–water partition coefficient (Wildman–Crippen LogP) is 3.34. The number of rotatable bonds is 7. The van der Waals surface area contributed by atoms with Gasteiger partial charge in [-0.1, -0.05) is 17.7 Å². The van der Waals surface area contributed by atoms with Crippen LogP contribution in [0.15, 0.2) is 18.2 Å². The van der Waals surface area contributed by atoms with Crippen LogP contribution in [0.5, 0.6) is 11.5 Å². The molecular weight excluding hydrogens is 444 g/mol. The number of nitrogens with zero attached hydrogens (tertiary/aromatic N) is 3. The van der Waals surface area contributed by atoms with E-state index < -0.39 is 0 Å². The number of carbonyl (C=O) groups is 1. The van der Waals surface area contributed by atoms with Crippen LogP contribution in [0.4, 0.5) is 0 Å². The summed E-state index contributed by atoms with van der Waals surface area (Å²) in [5, 5.41) is 7.86. The van der Waals surface area contributed by atoms with Crippen molar-refractivity contribution >= 4 is 17.5 Å². The van der Waals surface area contributed by atoms with Crippen molar-refractivity contribution in [3.63, 3.8) is 0 Å². The van der Waals surface area contributed by atoms with Gasteiger partial charge in [-0.05, 0) is 50.3 Å². The van der Waals surface area contributed by atoms with Crippen LogP contribution in [0.2, 0.25) is 5.02 Å². The Kier molecular flexibility index (Phi) is 7.16. The SMILES string of the molecule is COc1ccc(CN2CCC3(CCC(CNC(=O)c4cc(C)nn4C)O3)CC2)c(Cl)c1OC. The number of nitrogens with one attached hydrogen (secondary N) is 1. The summed E-state index contributed by atoms with van der Waals surface area (Å²) in [7, 11) is 5.00. The zero-order valence-electron chi connectivity index (χ0n) is 19.8. The van der Waals surface area contributed by atoms with Gasteiger partial charge in [-0.3, -0.25) is 14.4 Å². The monoisotopic (exact) mass is 476 g/mol. The molecule has 3 heterocycles. The topological polar surface area (TPSA) is 77.9 Å².